The predicted molar refractivity (Wildman–Crippen MR) is 84.6 cm³/mol. The van der Waals surface area contributed by atoms with Gasteiger partial charge in [0.1, 0.15) is 6.33 Å². The number of rotatable bonds is 3. The molecule has 0 saturated heterocycles. The Labute approximate surface area is 126 Å². The van der Waals surface area contributed by atoms with Gasteiger partial charge in [0.05, 0.1) is 6.04 Å². The molecule has 0 aliphatic rings. The number of benzene rings is 2. The second kappa shape index (κ2) is 5.69. The molecule has 1 unspecified atom stereocenters. The number of hydrogen-bond acceptors (Lipinski definition) is 3. The zero-order valence-corrected chi connectivity index (χ0v) is 12.6. The Bertz CT molecular complexity index is 728. The standard InChI is InChI=1S/C16H14BrN3/c1-18-16(14-8-19-10-20-9-14)13-3-2-12-7-15(17)5-4-11(12)6-13/h2-10,16,18H,1H3. The minimum absolute atomic E-state index is 0.101. The van der Waals surface area contributed by atoms with Crippen molar-refractivity contribution in [2.45, 2.75) is 6.04 Å². The van der Waals surface area contributed by atoms with Gasteiger partial charge in [0, 0.05) is 22.4 Å². The Morgan fingerprint density at radius 2 is 1.65 bits per heavy atom. The zero-order chi connectivity index (χ0) is 13.9. The first kappa shape index (κ1) is 13.2. The highest BCUT2D eigenvalue weighted by atomic mass is 79.9. The van der Waals surface area contributed by atoms with Crippen LogP contribution in [0, 0.1) is 0 Å². The molecule has 0 bridgehead atoms. The van der Waals surface area contributed by atoms with Crippen molar-refractivity contribution in [1.82, 2.24) is 15.3 Å². The number of nitrogens with zero attached hydrogens (tertiary/aromatic N) is 2. The lowest BCUT2D eigenvalue weighted by molar-refractivity contribution is 0.685. The van der Waals surface area contributed by atoms with Gasteiger partial charge in [-0.15, -0.1) is 0 Å². The van der Waals surface area contributed by atoms with E-state index in [1.54, 1.807) is 6.33 Å². The summed E-state index contributed by atoms with van der Waals surface area (Å²) in [4.78, 5) is 8.19. The van der Waals surface area contributed by atoms with Crippen LogP contribution in [0.2, 0.25) is 0 Å². The van der Waals surface area contributed by atoms with Crippen molar-refractivity contribution in [3.63, 3.8) is 0 Å². The number of halogens is 1. The van der Waals surface area contributed by atoms with E-state index in [-0.39, 0.29) is 6.04 Å². The van der Waals surface area contributed by atoms with Gasteiger partial charge < -0.3 is 5.32 Å². The van der Waals surface area contributed by atoms with Gasteiger partial charge in [-0.1, -0.05) is 34.1 Å². The second-order valence-corrected chi connectivity index (χ2v) is 5.56. The fraction of sp³-hybridized carbons (Fsp3) is 0.125. The topological polar surface area (TPSA) is 37.8 Å². The number of nitrogens with one attached hydrogen (secondary N) is 1. The molecule has 0 spiro atoms. The summed E-state index contributed by atoms with van der Waals surface area (Å²) < 4.78 is 1.10. The Morgan fingerprint density at radius 1 is 0.950 bits per heavy atom. The molecule has 3 rings (SSSR count). The van der Waals surface area contributed by atoms with Crippen molar-refractivity contribution < 1.29 is 0 Å². The molecule has 1 N–H and O–H groups in total. The molecule has 1 atom stereocenters. The monoisotopic (exact) mass is 327 g/mol. The molecule has 0 saturated carbocycles. The van der Waals surface area contributed by atoms with Gasteiger partial charge in [0.2, 0.25) is 0 Å². The van der Waals surface area contributed by atoms with Crippen molar-refractivity contribution in [2.75, 3.05) is 7.05 Å². The number of fused-ring (bicyclic) bond motifs is 1. The maximum absolute atomic E-state index is 4.10. The van der Waals surface area contributed by atoms with E-state index in [0.717, 1.165) is 10.0 Å². The zero-order valence-electron chi connectivity index (χ0n) is 11.0. The van der Waals surface area contributed by atoms with Gasteiger partial charge >= 0.3 is 0 Å². The van der Waals surface area contributed by atoms with Gasteiger partial charge in [0.25, 0.3) is 0 Å². The molecule has 20 heavy (non-hydrogen) atoms. The minimum Gasteiger partial charge on any atom is -0.309 e. The molecular weight excluding hydrogens is 314 g/mol. The Hall–Kier alpha value is -1.78. The molecule has 0 aliphatic heterocycles. The predicted octanol–water partition coefficient (Wildman–Crippen LogP) is 3.70. The maximum atomic E-state index is 4.10. The van der Waals surface area contributed by atoms with E-state index in [0.29, 0.717) is 0 Å². The van der Waals surface area contributed by atoms with Gasteiger partial charge in [-0.25, -0.2) is 9.97 Å². The lowest BCUT2D eigenvalue weighted by atomic mass is 9.98. The normalized spacial score (nSPS) is 12.5. The van der Waals surface area contributed by atoms with E-state index in [9.17, 15) is 0 Å². The van der Waals surface area contributed by atoms with Crippen LogP contribution < -0.4 is 5.32 Å². The van der Waals surface area contributed by atoms with Crippen LogP contribution in [-0.4, -0.2) is 17.0 Å². The molecule has 0 fully saturated rings. The fourth-order valence-electron chi connectivity index (χ4n) is 2.40. The molecule has 4 heteroatoms. The van der Waals surface area contributed by atoms with Gasteiger partial charge in [-0.2, -0.15) is 0 Å². The van der Waals surface area contributed by atoms with Crippen molar-refractivity contribution in [2.24, 2.45) is 0 Å². The van der Waals surface area contributed by atoms with Crippen molar-refractivity contribution >= 4 is 26.7 Å². The first-order chi connectivity index (χ1) is 9.78. The van der Waals surface area contributed by atoms with E-state index < -0.39 is 0 Å². The summed E-state index contributed by atoms with van der Waals surface area (Å²) in [5.41, 5.74) is 2.27. The summed E-state index contributed by atoms with van der Waals surface area (Å²) in [6.07, 6.45) is 5.24. The van der Waals surface area contributed by atoms with Crippen LogP contribution in [0.3, 0.4) is 0 Å². The molecule has 100 valence electrons. The lowest BCUT2D eigenvalue weighted by Crippen LogP contribution is -2.17. The average Bonchev–Trinajstić information content (AvgIpc) is 2.49. The molecule has 3 aromatic rings. The summed E-state index contributed by atoms with van der Waals surface area (Å²) in [7, 11) is 1.95. The van der Waals surface area contributed by atoms with E-state index in [1.807, 2.05) is 19.4 Å². The first-order valence-electron chi connectivity index (χ1n) is 6.39. The highest BCUT2D eigenvalue weighted by Gasteiger charge is 2.12. The van der Waals surface area contributed by atoms with Crippen LogP contribution in [0.1, 0.15) is 17.2 Å². The third kappa shape index (κ3) is 2.57. The third-order valence-electron chi connectivity index (χ3n) is 3.36. The quantitative estimate of drug-likeness (QED) is 0.797. The molecule has 0 aliphatic carbocycles. The first-order valence-corrected chi connectivity index (χ1v) is 7.18. The van der Waals surface area contributed by atoms with Crippen LogP contribution >= 0.6 is 15.9 Å². The lowest BCUT2D eigenvalue weighted by Gasteiger charge is -2.17. The Morgan fingerprint density at radius 3 is 2.40 bits per heavy atom. The maximum Gasteiger partial charge on any atom is 0.115 e. The minimum atomic E-state index is 0.101. The average molecular weight is 328 g/mol. The molecule has 1 heterocycles. The van der Waals surface area contributed by atoms with Gasteiger partial charge in [-0.05, 0) is 41.6 Å². The molecule has 3 nitrogen and oxygen atoms in total. The second-order valence-electron chi connectivity index (χ2n) is 4.64. The van der Waals surface area contributed by atoms with Crippen LogP contribution in [-0.2, 0) is 0 Å². The molecular formula is C16H14BrN3. The fourth-order valence-corrected chi connectivity index (χ4v) is 2.78. The van der Waals surface area contributed by atoms with Crippen LogP contribution in [0.4, 0.5) is 0 Å². The van der Waals surface area contributed by atoms with E-state index >= 15 is 0 Å². The number of hydrogen-bond donors (Lipinski definition) is 1. The highest BCUT2D eigenvalue weighted by Crippen LogP contribution is 2.26. The summed E-state index contributed by atoms with van der Waals surface area (Å²) in [6.45, 7) is 0. The summed E-state index contributed by atoms with van der Waals surface area (Å²) >= 11 is 3.50. The third-order valence-corrected chi connectivity index (χ3v) is 3.86. The number of aromatic nitrogens is 2. The Balaban J connectivity index is 2.06. The molecule has 0 radical (unpaired) electrons. The van der Waals surface area contributed by atoms with E-state index in [1.165, 1.54) is 16.3 Å². The van der Waals surface area contributed by atoms with Gasteiger partial charge in [-0.3, -0.25) is 0 Å². The highest BCUT2D eigenvalue weighted by molar-refractivity contribution is 9.10. The Kier molecular flexibility index (Phi) is 3.76. The molecule has 2 aromatic carbocycles. The SMILES string of the molecule is CNC(c1cncnc1)c1ccc2cc(Br)ccc2c1. The van der Waals surface area contributed by atoms with E-state index in [4.69, 9.17) is 0 Å². The van der Waals surface area contributed by atoms with Crippen molar-refractivity contribution in [1.29, 1.82) is 0 Å². The van der Waals surface area contributed by atoms with Gasteiger partial charge in [0.15, 0.2) is 0 Å². The van der Waals surface area contributed by atoms with Crippen LogP contribution in [0.15, 0.2) is 59.6 Å². The molecule has 1 aromatic heterocycles. The summed E-state index contributed by atoms with van der Waals surface area (Å²) in [6, 6.07) is 12.9. The summed E-state index contributed by atoms with van der Waals surface area (Å²) in [5, 5.41) is 5.77. The summed E-state index contributed by atoms with van der Waals surface area (Å²) in [5.74, 6) is 0. The van der Waals surface area contributed by atoms with Crippen LogP contribution in [0.5, 0.6) is 0 Å². The molecule has 0 amide bonds. The largest absolute Gasteiger partial charge is 0.309 e. The van der Waals surface area contributed by atoms with Crippen LogP contribution in [0.25, 0.3) is 10.8 Å². The smallest absolute Gasteiger partial charge is 0.115 e. The van der Waals surface area contributed by atoms with Crippen molar-refractivity contribution in [3.8, 4) is 0 Å². The van der Waals surface area contributed by atoms with Crippen molar-refractivity contribution in [3.05, 3.63) is 70.7 Å². The van der Waals surface area contributed by atoms with E-state index in [2.05, 4.69) is 67.6 Å².